The summed E-state index contributed by atoms with van der Waals surface area (Å²) in [6.45, 7) is -0.0315. The molecular weight excluding hydrogens is 311 g/mol. The third-order valence-corrected chi connectivity index (χ3v) is 5.03. The van der Waals surface area contributed by atoms with Crippen molar-refractivity contribution < 1.29 is 13.2 Å². The predicted octanol–water partition coefficient (Wildman–Crippen LogP) is 1.89. The van der Waals surface area contributed by atoms with Gasteiger partial charge in [0.15, 0.2) is 0 Å². The summed E-state index contributed by atoms with van der Waals surface area (Å²) < 4.78 is 22.5. The summed E-state index contributed by atoms with van der Waals surface area (Å²) in [5, 5.41) is 8.02. The molecule has 1 saturated heterocycles. The number of nitrogens with zero attached hydrogens (tertiary/aromatic N) is 2. The van der Waals surface area contributed by atoms with E-state index in [0.717, 1.165) is 0 Å². The van der Waals surface area contributed by atoms with Crippen LogP contribution >= 0.6 is 22.3 Å². The number of amides is 1. The number of hydrogen-bond donors (Lipinski definition) is 0. The highest BCUT2D eigenvalue weighted by molar-refractivity contribution is 8.14. The van der Waals surface area contributed by atoms with Crippen molar-refractivity contribution in [3.63, 3.8) is 0 Å². The summed E-state index contributed by atoms with van der Waals surface area (Å²) in [7, 11) is 1.47. The molecule has 1 heterocycles. The molecule has 1 amide bonds. The van der Waals surface area contributed by atoms with Gasteiger partial charge in [-0.25, -0.2) is 8.42 Å². The van der Waals surface area contributed by atoms with Crippen molar-refractivity contribution in [2.24, 2.45) is 0 Å². The minimum absolute atomic E-state index is 0.0315. The lowest BCUT2D eigenvalue weighted by Gasteiger charge is -2.17. The highest BCUT2D eigenvalue weighted by Gasteiger charge is 2.38. The van der Waals surface area contributed by atoms with Gasteiger partial charge in [0.05, 0.1) is 22.3 Å². The monoisotopic (exact) mass is 318 g/mol. The molecule has 0 aromatic heterocycles. The summed E-state index contributed by atoms with van der Waals surface area (Å²) >= 11 is 5.99. The Morgan fingerprint density at radius 1 is 1.42 bits per heavy atom. The highest BCUT2D eigenvalue weighted by Crippen LogP contribution is 2.32. The minimum atomic E-state index is -3.79. The lowest BCUT2D eigenvalue weighted by atomic mass is 10.2. The van der Waals surface area contributed by atoms with Crippen LogP contribution in [0.4, 0.5) is 5.69 Å². The van der Waals surface area contributed by atoms with Gasteiger partial charge in [-0.05, 0) is 18.2 Å². The Balaban J connectivity index is 2.34. The van der Waals surface area contributed by atoms with Gasteiger partial charge in [0.1, 0.15) is 5.25 Å². The highest BCUT2D eigenvalue weighted by atomic mass is 35.7. The van der Waals surface area contributed by atoms with Crippen LogP contribution in [0.3, 0.4) is 0 Å². The van der Waals surface area contributed by atoms with Crippen LogP contribution in [0.2, 0.25) is 5.02 Å². The summed E-state index contributed by atoms with van der Waals surface area (Å²) in [6.07, 6.45) is -0.165. The van der Waals surface area contributed by atoms with E-state index in [2.05, 4.69) is 0 Å². The number of halogens is 2. The van der Waals surface area contributed by atoms with Gasteiger partial charge < -0.3 is 4.90 Å². The molecule has 1 aromatic carbocycles. The molecule has 19 heavy (non-hydrogen) atoms. The van der Waals surface area contributed by atoms with Crippen LogP contribution in [0.15, 0.2) is 18.2 Å². The van der Waals surface area contributed by atoms with Gasteiger partial charge in [-0.2, -0.15) is 5.26 Å². The van der Waals surface area contributed by atoms with Gasteiger partial charge in [0.2, 0.25) is 15.0 Å². The van der Waals surface area contributed by atoms with E-state index in [9.17, 15) is 13.2 Å². The quantitative estimate of drug-likeness (QED) is 0.780. The number of anilines is 1. The average Bonchev–Trinajstić information content (AvgIpc) is 2.71. The van der Waals surface area contributed by atoms with Crippen LogP contribution in [-0.2, 0) is 13.8 Å². The molecule has 1 aliphatic rings. The first-order chi connectivity index (χ1) is 8.82. The zero-order valence-electron chi connectivity index (χ0n) is 9.51. The summed E-state index contributed by atoms with van der Waals surface area (Å²) in [4.78, 5) is 13.1. The molecule has 1 fully saturated rings. The molecule has 0 aliphatic carbocycles. The fourth-order valence-corrected chi connectivity index (χ4v) is 3.20. The largest absolute Gasteiger partial charge is 0.310 e. The number of hydrogen-bond acceptors (Lipinski definition) is 4. The van der Waals surface area contributed by atoms with Crippen LogP contribution < -0.4 is 4.90 Å². The molecule has 1 aromatic rings. The smallest absolute Gasteiger partial charge is 0.237 e. The molecule has 8 heteroatoms. The van der Waals surface area contributed by atoms with Crippen molar-refractivity contribution in [1.82, 2.24) is 0 Å². The second kappa shape index (κ2) is 5.00. The topological polar surface area (TPSA) is 78.2 Å². The third-order valence-electron chi connectivity index (χ3n) is 2.86. The van der Waals surface area contributed by atoms with Crippen molar-refractivity contribution in [2.75, 3.05) is 11.4 Å². The van der Waals surface area contributed by atoms with Crippen LogP contribution in [0.25, 0.3) is 0 Å². The Hall–Kier alpha value is -1.29. The fraction of sp³-hybridized carbons (Fsp3) is 0.273. The molecule has 1 atom stereocenters. The van der Waals surface area contributed by atoms with E-state index >= 15 is 0 Å². The molecule has 0 radical (unpaired) electrons. The summed E-state index contributed by atoms with van der Waals surface area (Å²) in [6, 6.07) is 6.38. The third kappa shape index (κ3) is 2.84. The van der Waals surface area contributed by atoms with Crippen LogP contribution in [0.5, 0.6) is 0 Å². The van der Waals surface area contributed by atoms with Crippen molar-refractivity contribution in [3.05, 3.63) is 28.8 Å². The molecule has 0 N–H and O–H groups in total. The van der Waals surface area contributed by atoms with Crippen molar-refractivity contribution >= 4 is 42.9 Å². The Kier molecular flexibility index (Phi) is 3.72. The standard InChI is InChI=1S/C11H8Cl2N2O3S/c12-9-3-7(5-14)1-2-10(9)15-6-8(4-11(15)16)19(13,17)18/h1-3,8H,4,6H2. The molecule has 1 unspecified atom stereocenters. The number of rotatable bonds is 2. The van der Waals surface area contributed by atoms with Gasteiger partial charge in [0.25, 0.3) is 0 Å². The van der Waals surface area contributed by atoms with Crippen molar-refractivity contribution in [2.45, 2.75) is 11.7 Å². The maximum Gasteiger partial charge on any atom is 0.237 e. The van der Waals surface area contributed by atoms with Crippen LogP contribution in [0, 0.1) is 11.3 Å². The van der Waals surface area contributed by atoms with Crippen LogP contribution in [-0.4, -0.2) is 26.1 Å². The normalized spacial score (nSPS) is 19.5. The molecule has 0 saturated carbocycles. The SMILES string of the molecule is N#Cc1ccc(N2CC(S(=O)(=O)Cl)CC2=O)c(Cl)c1. The molecule has 5 nitrogen and oxygen atoms in total. The Morgan fingerprint density at radius 2 is 2.11 bits per heavy atom. The first-order valence-electron chi connectivity index (χ1n) is 5.26. The van der Waals surface area contributed by atoms with E-state index in [1.54, 1.807) is 0 Å². The van der Waals surface area contributed by atoms with Gasteiger partial charge >= 0.3 is 0 Å². The second-order valence-corrected chi connectivity index (χ2v) is 7.40. The van der Waals surface area contributed by atoms with Gasteiger partial charge in [-0.15, -0.1) is 0 Å². The van der Waals surface area contributed by atoms with E-state index in [1.165, 1.54) is 23.1 Å². The first kappa shape index (κ1) is 14.1. The maximum absolute atomic E-state index is 11.8. The lowest BCUT2D eigenvalue weighted by Crippen LogP contribution is -2.27. The van der Waals surface area contributed by atoms with E-state index < -0.39 is 14.3 Å². The number of carbonyl (C=O) groups excluding carboxylic acids is 1. The Bertz CT molecular complexity index is 682. The van der Waals surface area contributed by atoms with Crippen molar-refractivity contribution in [1.29, 1.82) is 5.26 Å². The van der Waals surface area contributed by atoms with E-state index in [4.69, 9.17) is 27.5 Å². The van der Waals surface area contributed by atoms with E-state index in [-0.39, 0.29) is 23.9 Å². The second-order valence-electron chi connectivity index (χ2n) is 4.08. The maximum atomic E-state index is 11.8. The molecule has 100 valence electrons. The molecule has 0 spiro atoms. The van der Waals surface area contributed by atoms with Crippen LogP contribution in [0.1, 0.15) is 12.0 Å². The average molecular weight is 319 g/mol. The molecule has 2 rings (SSSR count). The zero-order valence-corrected chi connectivity index (χ0v) is 11.8. The van der Waals surface area contributed by atoms with E-state index in [1.807, 2.05) is 6.07 Å². The fourth-order valence-electron chi connectivity index (χ4n) is 1.89. The summed E-state index contributed by atoms with van der Waals surface area (Å²) in [5.41, 5.74) is 0.746. The number of nitriles is 1. The number of carbonyl (C=O) groups is 1. The summed E-state index contributed by atoms with van der Waals surface area (Å²) in [5.74, 6) is -0.360. The first-order valence-corrected chi connectivity index (χ1v) is 8.01. The molecule has 1 aliphatic heterocycles. The predicted molar refractivity (Wildman–Crippen MR) is 71.7 cm³/mol. The van der Waals surface area contributed by atoms with E-state index in [0.29, 0.717) is 11.3 Å². The van der Waals surface area contributed by atoms with Gasteiger partial charge in [-0.1, -0.05) is 11.6 Å². The zero-order chi connectivity index (χ0) is 14.2. The lowest BCUT2D eigenvalue weighted by molar-refractivity contribution is -0.117. The Morgan fingerprint density at radius 3 is 2.58 bits per heavy atom. The van der Waals surface area contributed by atoms with Gasteiger partial charge in [-0.3, -0.25) is 4.79 Å². The van der Waals surface area contributed by atoms with Gasteiger partial charge in [0, 0.05) is 23.6 Å². The molecular formula is C11H8Cl2N2O3S. The molecule has 0 bridgehead atoms. The minimum Gasteiger partial charge on any atom is -0.310 e. The van der Waals surface area contributed by atoms with Crippen molar-refractivity contribution in [3.8, 4) is 6.07 Å². The number of benzene rings is 1. The Labute approximate surface area is 119 Å².